The van der Waals surface area contributed by atoms with E-state index in [1.54, 1.807) is 37.5 Å². The molecule has 3 saturated heterocycles. The third-order valence-electron chi connectivity index (χ3n) is 11.6. The Balaban J connectivity index is 0.881. The fourth-order valence-electron chi connectivity index (χ4n) is 8.55. The molecule has 1 saturated carbocycles. The minimum absolute atomic E-state index is 0.109. The first kappa shape index (κ1) is 30.1. The highest BCUT2D eigenvalue weighted by Gasteiger charge is 2.46. The highest BCUT2D eigenvalue weighted by atomic mass is 19.1. The van der Waals surface area contributed by atoms with E-state index in [9.17, 15) is 24.0 Å². The summed E-state index contributed by atoms with van der Waals surface area (Å²) in [4.78, 5) is 82.9. The van der Waals surface area contributed by atoms with Gasteiger partial charge in [0, 0.05) is 94.9 Å². The average Bonchev–Trinajstić information content (AvgIpc) is 3.99. The molecule has 17 heteroatoms. The summed E-state index contributed by atoms with van der Waals surface area (Å²) < 4.78 is 90.0. The third kappa shape index (κ3) is 7.36. The lowest BCUT2D eigenvalue weighted by atomic mass is 9.95. The number of anilines is 4. The third-order valence-corrected chi connectivity index (χ3v) is 11.6. The summed E-state index contributed by atoms with van der Waals surface area (Å²) in [7, 11) is 3.44. The molecule has 1 aromatic carbocycles. The molecule has 4 fully saturated rings. The van der Waals surface area contributed by atoms with E-state index in [0.29, 0.717) is 64.9 Å². The number of imide groups is 2. The summed E-state index contributed by atoms with van der Waals surface area (Å²) in [5, 5.41) is 5.95. The number of halogens is 1. The minimum atomic E-state index is -3.40. The largest absolute Gasteiger partial charge is 0.370 e. The fourth-order valence-corrected chi connectivity index (χ4v) is 8.55. The van der Waals surface area contributed by atoms with Gasteiger partial charge in [0.2, 0.25) is 17.8 Å². The van der Waals surface area contributed by atoms with Gasteiger partial charge >= 0.3 is 0 Å². The molecule has 1 unspecified atom stereocenters. The van der Waals surface area contributed by atoms with E-state index >= 15 is 4.39 Å². The standard InChI is InChI=1S/C42H48FN11O5/c1-49(2)40(58)33-19-26-22-45-42(48-37(26)53(33)27-5-3-4-6-27)46-34-9-7-28(23-44-34)51-13-11-25(12-14-51)24-50-15-17-52(18-16-50)29-20-30-36(31(43)21-29)41(59)54(39(30)57)32-8-10-35(55)47-38(32)56/h7,9,19-23,25,27,32H,3-6,8,10-18,24H2,1-2H3,(H,47,55,56)(H,44,45,46,48)/i15D2,16D2,17D2,18D2. The Labute approximate surface area is 352 Å². The highest BCUT2D eigenvalue weighted by molar-refractivity contribution is 6.24. The van der Waals surface area contributed by atoms with Gasteiger partial charge in [0.25, 0.3) is 17.7 Å². The van der Waals surface area contributed by atoms with Gasteiger partial charge in [-0.05, 0) is 68.4 Å². The van der Waals surface area contributed by atoms with Crippen LogP contribution >= 0.6 is 0 Å². The van der Waals surface area contributed by atoms with E-state index in [4.69, 9.17) is 16.0 Å². The molecule has 1 aliphatic carbocycles. The van der Waals surface area contributed by atoms with Gasteiger partial charge < -0.3 is 24.6 Å². The lowest BCUT2D eigenvalue weighted by molar-refractivity contribution is -0.136. The average molecular weight is 814 g/mol. The molecule has 3 aromatic heterocycles. The van der Waals surface area contributed by atoms with Crippen molar-refractivity contribution in [3.05, 3.63) is 65.4 Å². The number of hydrogen-bond donors (Lipinski definition) is 2. The summed E-state index contributed by atoms with van der Waals surface area (Å²) in [6, 6.07) is 5.50. The fraction of sp³-hybridized carbons (Fsp3) is 0.476. The molecule has 4 aliphatic heterocycles. The molecule has 1 atom stereocenters. The lowest BCUT2D eigenvalue weighted by Crippen LogP contribution is -2.54. The molecule has 0 spiro atoms. The van der Waals surface area contributed by atoms with Gasteiger partial charge in [-0.25, -0.2) is 14.4 Å². The van der Waals surface area contributed by atoms with Crippen LogP contribution in [0, 0.1) is 11.7 Å². The van der Waals surface area contributed by atoms with Crippen LogP contribution in [0.3, 0.4) is 0 Å². The number of pyridine rings is 1. The van der Waals surface area contributed by atoms with Crippen molar-refractivity contribution in [3.8, 4) is 0 Å². The highest BCUT2D eigenvalue weighted by Crippen LogP contribution is 2.36. The molecule has 4 aromatic rings. The summed E-state index contributed by atoms with van der Waals surface area (Å²) in [6.07, 6.45) is 7.79. The number of piperidine rings is 2. The molecular weight excluding hydrogens is 758 g/mol. The van der Waals surface area contributed by atoms with Crippen LogP contribution in [0.25, 0.3) is 11.0 Å². The quantitative estimate of drug-likeness (QED) is 0.234. The molecule has 0 radical (unpaired) electrons. The number of hydrogen-bond acceptors (Lipinski definition) is 12. The van der Waals surface area contributed by atoms with Crippen molar-refractivity contribution in [1.29, 1.82) is 0 Å². The zero-order chi connectivity index (χ0) is 48.1. The van der Waals surface area contributed by atoms with Crippen LogP contribution in [0.2, 0.25) is 0 Å². The van der Waals surface area contributed by atoms with Crippen molar-refractivity contribution < 1.29 is 39.3 Å². The van der Waals surface area contributed by atoms with Gasteiger partial charge in [-0.3, -0.25) is 39.1 Å². The Morgan fingerprint density at radius 2 is 1.68 bits per heavy atom. The SMILES string of the molecule is [2H]C1([2H])N(CC2CCN(c3ccc(Nc4ncc5cc(C(=O)N(C)C)n(C6CCCC6)c5n4)nc3)CC2)C([2H])([2H])C([2H])([2H])N(c2cc(F)c3c(c2)C(=O)N(C2CCC(=O)NC2=O)C3=O)C1([2H])[2H]. The number of aromatic nitrogens is 4. The Morgan fingerprint density at radius 3 is 2.37 bits per heavy atom. The normalized spacial score (nSPS) is 26.2. The molecule has 16 nitrogen and oxygen atoms in total. The second kappa shape index (κ2) is 15.7. The van der Waals surface area contributed by atoms with Gasteiger partial charge in [0.15, 0.2) is 0 Å². The van der Waals surface area contributed by atoms with E-state index in [-0.39, 0.29) is 36.2 Å². The van der Waals surface area contributed by atoms with E-state index < -0.39 is 84.2 Å². The Bertz CT molecular complexity index is 2680. The summed E-state index contributed by atoms with van der Waals surface area (Å²) >= 11 is 0. The number of carbonyl (C=O) groups excluding carboxylic acids is 5. The maximum absolute atomic E-state index is 15.9. The molecule has 59 heavy (non-hydrogen) atoms. The number of rotatable bonds is 9. The van der Waals surface area contributed by atoms with Gasteiger partial charge in [-0.1, -0.05) is 12.8 Å². The van der Waals surface area contributed by atoms with Crippen molar-refractivity contribution in [2.24, 2.45) is 5.92 Å². The Kier molecular flexibility index (Phi) is 7.99. The predicted octanol–water partition coefficient (Wildman–Crippen LogP) is 3.97. The first-order chi connectivity index (χ1) is 31.5. The number of carbonyl (C=O) groups is 5. The summed E-state index contributed by atoms with van der Waals surface area (Å²) in [5.41, 5.74) is -0.171. The molecule has 5 aliphatic rings. The van der Waals surface area contributed by atoms with Crippen LogP contribution in [-0.4, -0.2) is 130 Å². The summed E-state index contributed by atoms with van der Waals surface area (Å²) in [6.45, 7) is -12.8. The molecule has 0 bridgehead atoms. The number of fused-ring (bicyclic) bond motifs is 2. The van der Waals surface area contributed by atoms with Crippen molar-refractivity contribution in [2.75, 3.05) is 74.8 Å². The van der Waals surface area contributed by atoms with Gasteiger partial charge in [-0.2, -0.15) is 4.98 Å². The number of piperazine rings is 1. The van der Waals surface area contributed by atoms with E-state index in [1.165, 1.54) is 0 Å². The first-order valence-electron chi connectivity index (χ1n) is 23.8. The van der Waals surface area contributed by atoms with Crippen LogP contribution in [0.1, 0.15) is 99.6 Å². The van der Waals surface area contributed by atoms with Crippen LogP contribution < -0.4 is 20.4 Å². The molecular formula is C42H48FN11O5. The zero-order valence-corrected chi connectivity index (χ0v) is 32.5. The molecule has 308 valence electrons. The zero-order valence-electron chi connectivity index (χ0n) is 40.5. The molecule has 5 amide bonds. The monoisotopic (exact) mass is 813 g/mol. The van der Waals surface area contributed by atoms with Crippen molar-refractivity contribution in [2.45, 2.75) is 63.5 Å². The second-order valence-corrected chi connectivity index (χ2v) is 15.7. The van der Waals surface area contributed by atoms with E-state index in [1.807, 2.05) is 26.9 Å². The number of nitrogens with zero attached hydrogens (tertiary/aromatic N) is 9. The first-order valence-corrected chi connectivity index (χ1v) is 19.8. The number of amides is 5. The minimum Gasteiger partial charge on any atom is -0.370 e. The number of benzene rings is 1. The predicted molar refractivity (Wildman–Crippen MR) is 217 cm³/mol. The van der Waals surface area contributed by atoms with Gasteiger partial charge in [0.1, 0.15) is 29.0 Å². The maximum Gasteiger partial charge on any atom is 0.270 e. The van der Waals surface area contributed by atoms with Crippen LogP contribution in [-0.2, 0) is 9.59 Å². The van der Waals surface area contributed by atoms with Crippen LogP contribution in [0.15, 0.2) is 42.7 Å². The molecule has 9 rings (SSSR count). The molecule has 7 heterocycles. The Morgan fingerprint density at radius 1 is 0.915 bits per heavy atom. The summed E-state index contributed by atoms with van der Waals surface area (Å²) in [5.74, 6) is -5.06. The lowest BCUT2D eigenvalue weighted by Gasteiger charge is -2.40. The molecule has 2 N–H and O–H groups in total. The van der Waals surface area contributed by atoms with E-state index in [0.717, 1.165) is 42.8 Å². The second-order valence-electron chi connectivity index (χ2n) is 15.7. The van der Waals surface area contributed by atoms with Crippen LogP contribution in [0.5, 0.6) is 0 Å². The maximum atomic E-state index is 15.9. The van der Waals surface area contributed by atoms with Crippen LogP contribution in [0.4, 0.5) is 27.5 Å². The number of nitrogens with one attached hydrogen (secondary N) is 2. The van der Waals surface area contributed by atoms with Crippen molar-refractivity contribution in [3.63, 3.8) is 0 Å². The smallest absolute Gasteiger partial charge is 0.270 e. The van der Waals surface area contributed by atoms with E-state index in [2.05, 4.69) is 15.3 Å². The van der Waals surface area contributed by atoms with Crippen molar-refractivity contribution in [1.82, 2.24) is 39.5 Å². The van der Waals surface area contributed by atoms with Gasteiger partial charge in [0.05, 0.1) is 28.5 Å². The van der Waals surface area contributed by atoms with Gasteiger partial charge in [-0.15, -0.1) is 0 Å². The van der Waals surface area contributed by atoms with Crippen molar-refractivity contribution >= 4 is 63.7 Å². The Hall–Kier alpha value is -5.97. The topological polar surface area (TPSA) is 169 Å².